The summed E-state index contributed by atoms with van der Waals surface area (Å²) in [5.74, 6) is 2.33. The molecule has 1 saturated carbocycles. The zero-order valence-corrected chi connectivity index (χ0v) is 14.5. The molecule has 25 heavy (non-hydrogen) atoms. The number of carbonyl (C=O) groups is 1. The molecule has 5 heteroatoms. The van der Waals surface area contributed by atoms with Crippen molar-refractivity contribution >= 4 is 5.91 Å². The van der Waals surface area contributed by atoms with E-state index in [1.54, 1.807) is 0 Å². The van der Waals surface area contributed by atoms with Gasteiger partial charge >= 0.3 is 0 Å². The Bertz CT molecular complexity index is 653. The Labute approximate surface area is 148 Å². The zero-order chi connectivity index (χ0) is 17.0. The highest BCUT2D eigenvalue weighted by Gasteiger charge is 2.58. The molecule has 1 aromatic rings. The molecule has 4 nitrogen and oxygen atoms in total. The van der Waals surface area contributed by atoms with Crippen LogP contribution >= 0.6 is 0 Å². The Hall–Kier alpha value is -1.46. The summed E-state index contributed by atoms with van der Waals surface area (Å²) in [4.78, 5) is 17.8. The molecule has 134 valence electrons. The number of hydrogen-bond acceptors (Lipinski definition) is 3. The molecule has 1 aliphatic carbocycles. The van der Waals surface area contributed by atoms with Crippen molar-refractivity contribution in [3.63, 3.8) is 0 Å². The van der Waals surface area contributed by atoms with Gasteiger partial charge in [0.2, 0.25) is 5.91 Å². The Balaban J connectivity index is 1.27. The van der Waals surface area contributed by atoms with E-state index in [2.05, 4.69) is 15.1 Å². The summed E-state index contributed by atoms with van der Waals surface area (Å²) in [7, 11) is 0. The van der Waals surface area contributed by atoms with Crippen LogP contribution in [0.3, 0.4) is 0 Å². The molecule has 2 bridgehead atoms. The number of fused-ring (bicyclic) bond motifs is 5. The SMILES string of the molecule is O=C(C1[C@H]2CNC[C@@H]12)N1C[C@H]2CC[C@@H]1CN(Cc1ccc(F)cc1)C2. The van der Waals surface area contributed by atoms with Crippen LogP contribution in [0.2, 0.25) is 0 Å². The summed E-state index contributed by atoms with van der Waals surface area (Å²) in [5, 5.41) is 3.39. The van der Waals surface area contributed by atoms with Gasteiger partial charge in [-0.3, -0.25) is 9.69 Å². The van der Waals surface area contributed by atoms with Crippen molar-refractivity contribution in [2.75, 3.05) is 32.7 Å². The van der Waals surface area contributed by atoms with Crippen molar-refractivity contribution in [2.45, 2.75) is 25.4 Å². The van der Waals surface area contributed by atoms with Crippen LogP contribution in [-0.4, -0.2) is 54.5 Å². The topological polar surface area (TPSA) is 35.6 Å². The largest absolute Gasteiger partial charge is 0.338 e. The number of rotatable bonds is 3. The van der Waals surface area contributed by atoms with Gasteiger partial charge in [0.15, 0.2) is 0 Å². The summed E-state index contributed by atoms with van der Waals surface area (Å²) in [5.41, 5.74) is 1.16. The number of nitrogens with zero attached hydrogens (tertiary/aromatic N) is 2. The summed E-state index contributed by atoms with van der Waals surface area (Å²) in [6.45, 7) is 5.86. The molecule has 0 spiro atoms. The van der Waals surface area contributed by atoms with Gasteiger partial charge in [-0.2, -0.15) is 0 Å². The van der Waals surface area contributed by atoms with Gasteiger partial charge in [0.05, 0.1) is 0 Å². The van der Waals surface area contributed by atoms with E-state index >= 15 is 0 Å². The van der Waals surface area contributed by atoms with Gasteiger partial charge in [-0.05, 0) is 61.4 Å². The van der Waals surface area contributed by atoms with Gasteiger partial charge in [0, 0.05) is 38.1 Å². The molecule has 1 aromatic carbocycles. The van der Waals surface area contributed by atoms with Crippen molar-refractivity contribution in [3.05, 3.63) is 35.6 Å². The first-order valence-corrected chi connectivity index (χ1v) is 9.67. The number of amides is 1. The van der Waals surface area contributed by atoms with E-state index in [1.165, 1.54) is 18.6 Å². The van der Waals surface area contributed by atoms with Gasteiger partial charge in [-0.1, -0.05) is 12.1 Å². The third-order valence-corrected chi connectivity index (χ3v) is 6.77. The highest BCUT2D eigenvalue weighted by Crippen LogP contribution is 2.50. The lowest BCUT2D eigenvalue weighted by molar-refractivity contribution is -0.137. The lowest BCUT2D eigenvalue weighted by atomic mass is 9.94. The molecular weight excluding hydrogens is 317 g/mol. The lowest BCUT2D eigenvalue weighted by Crippen LogP contribution is -2.48. The van der Waals surface area contributed by atoms with Crippen LogP contribution in [0.5, 0.6) is 0 Å². The quantitative estimate of drug-likeness (QED) is 0.908. The number of hydrogen-bond donors (Lipinski definition) is 1. The molecule has 4 heterocycles. The van der Waals surface area contributed by atoms with E-state index in [4.69, 9.17) is 0 Å². The normalized spacial score (nSPS) is 37.0. The number of halogens is 1. The monoisotopic (exact) mass is 343 g/mol. The van der Waals surface area contributed by atoms with Gasteiger partial charge in [-0.15, -0.1) is 0 Å². The maximum absolute atomic E-state index is 13.1. The molecule has 5 aliphatic rings. The zero-order valence-electron chi connectivity index (χ0n) is 14.5. The van der Waals surface area contributed by atoms with Crippen molar-refractivity contribution < 1.29 is 9.18 Å². The van der Waals surface area contributed by atoms with Gasteiger partial charge in [0.25, 0.3) is 0 Å². The smallest absolute Gasteiger partial charge is 0.226 e. The molecule has 1 amide bonds. The molecular formula is C20H26FN3O. The second-order valence-corrected chi connectivity index (χ2v) is 8.42. The fourth-order valence-corrected chi connectivity index (χ4v) is 5.40. The molecule has 5 fully saturated rings. The standard InChI is InChI=1S/C20H26FN3O/c21-15-4-1-13(2-5-15)9-23-10-14-3-6-16(12-23)24(11-14)20(25)19-17-7-22-8-18(17)19/h1-2,4-5,14,16-19,22H,3,6-12H2/t14-,16+,17-,18+,19?/m0/s1. The highest BCUT2D eigenvalue weighted by molar-refractivity contribution is 5.83. The number of nitrogens with one attached hydrogen (secondary N) is 1. The third kappa shape index (κ3) is 2.87. The molecule has 0 radical (unpaired) electrons. The van der Waals surface area contributed by atoms with Gasteiger partial charge < -0.3 is 10.2 Å². The second-order valence-electron chi connectivity index (χ2n) is 8.42. The number of piperidine rings is 2. The minimum atomic E-state index is -0.180. The first kappa shape index (κ1) is 15.8. The van der Waals surface area contributed by atoms with Crippen LogP contribution in [-0.2, 0) is 11.3 Å². The van der Waals surface area contributed by atoms with Crippen molar-refractivity contribution in [3.8, 4) is 0 Å². The molecule has 6 rings (SSSR count). The maximum Gasteiger partial charge on any atom is 0.226 e. The maximum atomic E-state index is 13.1. The van der Waals surface area contributed by atoms with Crippen LogP contribution in [0.25, 0.3) is 0 Å². The van der Waals surface area contributed by atoms with Crippen molar-refractivity contribution in [2.24, 2.45) is 23.7 Å². The first-order valence-electron chi connectivity index (χ1n) is 9.67. The minimum Gasteiger partial charge on any atom is -0.338 e. The molecule has 0 aromatic heterocycles. The molecule has 5 atom stereocenters. The third-order valence-electron chi connectivity index (χ3n) is 6.77. The Morgan fingerprint density at radius 3 is 2.60 bits per heavy atom. The lowest BCUT2D eigenvalue weighted by Gasteiger charge is -2.36. The minimum absolute atomic E-state index is 0.180. The predicted octanol–water partition coefficient (Wildman–Crippen LogP) is 1.71. The van der Waals surface area contributed by atoms with Crippen LogP contribution < -0.4 is 5.32 Å². The van der Waals surface area contributed by atoms with Gasteiger partial charge in [-0.25, -0.2) is 4.39 Å². The summed E-state index contributed by atoms with van der Waals surface area (Å²) in [6.07, 6.45) is 2.37. The average Bonchev–Trinajstić information content (AvgIpc) is 3.23. The van der Waals surface area contributed by atoms with E-state index in [9.17, 15) is 9.18 Å². The van der Waals surface area contributed by atoms with E-state index in [0.717, 1.165) is 51.3 Å². The second kappa shape index (κ2) is 6.06. The fourth-order valence-electron chi connectivity index (χ4n) is 5.40. The first-order chi connectivity index (χ1) is 12.2. The Morgan fingerprint density at radius 1 is 1.08 bits per heavy atom. The number of benzene rings is 1. The predicted molar refractivity (Wildman–Crippen MR) is 93.2 cm³/mol. The summed E-state index contributed by atoms with van der Waals surface area (Å²) < 4.78 is 13.1. The molecule has 1 N–H and O–H groups in total. The van der Waals surface area contributed by atoms with Crippen LogP contribution in [0.1, 0.15) is 18.4 Å². The van der Waals surface area contributed by atoms with Crippen LogP contribution in [0, 0.1) is 29.5 Å². The fraction of sp³-hybridized carbons (Fsp3) is 0.650. The summed E-state index contributed by atoms with van der Waals surface area (Å²) >= 11 is 0. The van der Waals surface area contributed by atoms with Crippen molar-refractivity contribution in [1.82, 2.24) is 15.1 Å². The van der Waals surface area contributed by atoms with Crippen LogP contribution in [0.4, 0.5) is 4.39 Å². The van der Waals surface area contributed by atoms with Crippen LogP contribution in [0.15, 0.2) is 24.3 Å². The summed E-state index contributed by atoms with van der Waals surface area (Å²) in [6, 6.07) is 7.20. The van der Waals surface area contributed by atoms with E-state index < -0.39 is 0 Å². The Kier molecular flexibility index (Phi) is 3.82. The van der Waals surface area contributed by atoms with Gasteiger partial charge in [0.1, 0.15) is 5.82 Å². The Morgan fingerprint density at radius 2 is 1.84 bits per heavy atom. The molecule has 4 aliphatic heterocycles. The van der Waals surface area contributed by atoms with E-state index in [0.29, 0.717) is 35.6 Å². The van der Waals surface area contributed by atoms with Crippen molar-refractivity contribution in [1.29, 1.82) is 0 Å². The van der Waals surface area contributed by atoms with E-state index in [-0.39, 0.29) is 5.82 Å². The molecule has 4 saturated heterocycles. The number of carbonyl (C=O) groups excluding carboxylic acids is 1. The van der Waals surface area contributed by atoms with E-state index in [1.807, 2.05) is 12.1 Å². The molecule has 1 unspecified atom stereocenters. The highest BCUT2D eigenvalue weighted by atomic mass is 19.1. The average molecular weight is 343 g/mol.